The van der Waals surface area contributed by atoms with E-state index in [-0.39, 0.29) is 17.2 Å². The van der Waals surface area contributed by atoms with Crippen LogP contribution in [0.15, 0.2) is 29.1 Å². The summed E-state index contributed by atoms with van der Waals surface area (Å²) in [6.45, 7) is 8.10. The van der Waals surface area contributed by atoms with E-state index >= 15 is 0 Å². The minimum absolute atomic E-state index is 0.0358. The monoisotopic (exact) mass is 414 g/mol. The van der Waals surface area contributed by atoms with Crippen LogP contribution in [0.4, 0.5) is 9.18 Å². The molecule has 1 amide bonds. The summed E-state index contributed by atoms with van der Waals surface area (Å²) in [5, 5.41) is 19.4. The number of benzene rings is 1. The van der Waals surface area contributed by atoms with Crippen molar-refractivity contribution in [3.8, 4) is 6.07 Å². The summed E-state index contributed by atoms with van der Waals surface area (Å²) in [4.78, 5) is 27.8. The second kappa shape index (κ2) is 8.44. The number of carboxylic acid groups (broad SMARTS) is 1. The summed E-state index contributed by atoms with van der Waals surface area (Å²) in [7, 11) is 0. The maximum atomic E-state index is 13.9. The largest absolute Gasteiger partial charge is 0.465 e. The normalized spacial score (nSPS) is 15.8. The van der Waals surface area contributed by atoms with Crippen LogP contribution in [0, 0.1) is 17.1 Å². The smallest absolute Gasteiger partial charge is 0.407 e. The van der Waals surface area contributed by atoms with E-state index in [4.69, 9.17) is 0 Å². The molecule has 30 heavy (non-hydrogen) atoms. The molecule has 1 aromatic carbocycles. The van der Waals surface area contributed by atoms with Crippen LogP contribution >= 0.6 is 0 Å². The Balaban J connectivity index is 1.72. The lowest BCUT2D eigenvalue weighted by Crippen LogP contribution is -2.54. The molecule has 0 radical (unpaired) electrons. The first kappa shape index (κ1) is 21.8. The van der Waals surface area contributed by atoms with E-state index in [1.807, 2.05) is 26.8 Å². The van der Waals surface area contributed by atoms with Gasteiger partial charge in [-0.25, -0.2) is 9.18 Å². The average Bonchev–Trinajstić information content (AvgIpc) is 2.66. The Hall–Kier alpha value is -2.92. The van der Waals surface area contributed by atoms with Gasteiger partial charge in [-0.1, -0.05) is 0 Å². The fourth-order valence-corrected chi connectivity index (χ4v) is 4.32. The Bertz CT molecular complexity index is 1040. The Kier molecular flexibility index (Phi) is 6.13. The number of amides is 1. The summed E-state index contributed by atoms with van der Waals surface area (Å²) in [5.74, 6) is -0.546. The Labute approximate surface area is 174 Å². The number of nitriles is 1. The Morgan fingerprint density at radius 2 is 1.93 bits per heavy atom. The van der Waals surface area contributed by atoms with Gasteiger partial charge in [-0.15, -0.1) is 0 Å². The predicted molar refractivity (Wildman–Crippen MR) is 112 cm³/mol. The van der Waals surface area contributed by atoms with Gasteiger partial charge in [0, 0.05) is 49.2 Å². The van der Waals surface area contributed by atoms with Crippen LogP contribution in [0.1, 0.15) is 39.2 Å². The average molecular weight is 414 g/mol. The quantitative estimate of drug-likeness (QED) is 0.830. The zero-order valence-corrected chi connectivity index (χ0v) is 17.6. The lowest BCUT2D eigenvalue weighted by molar-refractivity contribution is 0.0417. The summed E-state index contributed by atoms with van der Waals surface area (Å²) >= 11 is 0. The van der Waals surface area contributed by atoms with Gasteiger partial charge in [-0.3, -0.25) is 4.79 Å². The molecule has 1 N–H and O–H groups in total. The highest BCUT2D eigenvalue weighted by molar-refractivity contribution is 5.85. The fraction of sp³-hybridized carbons (Fsp3) is 0.500. The number of pyridine rings is 1. The van der Waals surface area contributed by atoms with Crippen LogP contribution in [0.2, 0.25) is 0 Å². The van der Waals surface area contributed by atoms with Crippen molar-refractivity contribution < 1.29 is 14.3 Å². The molecule has 1 aliphatic heterocycles. The molecule has 7 nitrogen and oxygen atoms in total. The lowest BCUT2D eigenvalue weighted by atomic mass is 9.97. The minimum Gasteiger partial charge on any atom is -0.465 e. The molecule has 160 valence electrons. The number of halogens is 1. The van der Waals surface area contributed by atoms with Gasteiger partial charge < -0.3 is 19.5 Å². The molecule has 1 saturated heterocycles. The molecular formula is C22H27FN4O3. The standard InChI is InChI=1S/C22H27FN4O3/c1-22(2,3)27(21(29)30)17-6-8-25(9-7-17)10-11-26-19-13-16(23)12-15(14-24)18(19)4-5-20(26)28/h4-5,12-13,17H,6-11H2,1-3H3,(H,29,30). The third-order valence-electron chi connectivity index (χ3n) is 5.68. The molecular weight excluding hydrogens is 387 g/mol. The highest BCUT2D eigenvalue weighted by Gasteiger charge is 2.35. The van der Waals surface area contributed by atoms with Crippen LogP contribution in [0.5, 0.6) is 0 Å². The number of piperidine rings is 1. The highest BCUT2D eigenvalue weighted by Crippen LogP contribution is 2.25. The first-order valence-corrected chi connectivity index (χ1v) is 10.1. The Morgan fingerprint density at radius 1 is 1.27 bits per heavy atom. The molecule has 2 aromatic rings. The van der Waals surface area contributed by atoms with Crippen molar-refractivity contribution in [1.82, 2.24) is 14.4 Å². The molecule has 1 fully saturated rings. The number of aromatic nitrogens is 1. The molecule has 0 spiro atoms. The number of hydrogen-bond donors (Lipinski definition) is 1. The van der Waals surface area contributed by atoms with E-state index in [1.165, 1.54) is 27.7 Å². The van der Waals surface area contributed by atoms with Gasteiger partial charge in [0.2, 0.25) is 0 Å². The molecule has 0 atom stereocenters. The molecule has 1 aliphatic rings. The maximum absolute atomic E-state index is 13.9. The van der Waals surface area contributed by atoms with Crippen LogP contribution in [-0.2, 0) is 6.54 Å². The molecule has 2 heterocycles. The van der Waals surface area contributed by atoms with Crippen molar-refractivity contribution in [2.24, 2.45) is 0 Å². The van der Waals surface area contributed by atoms with Crippen molar-refractivity contribution in [2.45, 2.75) is 51.7 Å². The molecule has 8 heteroatoms. The van der Waals surface area contributed by atoms with E-state index in [9.17, 15) is 24.3 Å². The first-order chi connectivity index (χ1) is 14.1. The van der Waals surface area contributed by atoms with Crippen LogP contribution in [0.25, 0.3) is 10.9 Å². The van der Waals surface area contributed by atoms with E-state index in [0.29, 0.717) is 24.0 Å². The van der Waals surface area contributed by atoms with Gasteiger partial charge in [0.25, 0.3) is 5.56 Å². The predicted octanol–water partition coefficient (Wildman–Crippen LogP) is 3.26. The topological polar surface area (TPSA) is 89.6 Å². The zero-order valence-electron chi connectivity index (χ0n) is 17.6. The third kappa shape index (κ3) is 4.46. The number of carbonyl (C=O) groups is 1. The summed E-state index contributed by atoms with van der Waals surface area (Å²) in [6.07, 6.45) is 0.543. The lowest BCUT2D eigenvalue weighted by Gasteiger charge is -2.43. The van der Waals surface area contributed by atoms with E-state index < -0.39 is 17.4 Å². The van der Waals surface area contributed by atoms with Crippen molar-refractivity contribution in [3.05, 3.63) is 46.0 Å². The van der Waals surface area contributed by atoms with Crippen molar-refractivity contribution in [2.75, 3.05) is 19.6 Å². The van der Waals surface area contributed by atoms with E-state index in [1.54, 1.807) is 6.07 Å². The van der Waals surface area contributed by atoms with Crippen molar-refractivity contribution >= 4 is 17.0 Å². The zero-order chi connectivity index (χ0) is 22.1. The van der Waals surface area contributed by atoms with Gasteiger partial charge in [0.05, 0.1) is 17.1 Å². The summed E-state index contributed by atoms with van der Waals surface area (Å²) in [5.41, 5.74) is -0.0804. The van der Waals surface area contributed by atoms with Gasteiger partial charge >= 0.3 is 6.09 Å². The number of rotatable bonds is 4. The minimum atomic E-state index is -0.904. The van der Waals surface area contributed by atoms with Crippen molar-refractivity contribution in [3.63, 3.8) is 0 Å². The molecule has 3 rings (SSSR count). The van der Waals surface area contributed by atoms with E-state index in [2.05, 4.69) is 4.90 Å². The molecule has 0 aliphatic carbocycles. The van der Waals surface area contributed by atoms with Crippen LogP contribution in [0.3, 0.4) is 0 Å². The number of fused-ring (bicyclic) bond motifs is 1. The van der Waals surface area contributed by atoms with Gasteiger partial charge in [-0.2, -0.15) is 5.26 Å². The Morgan fingerprint density at radius 3 is 2.50 bits per heavy atom. The van der Waals surface area contributed by atoms with Gasteiger partial charge in [0.15, 0.2) is 0 Å². The molecule has 0 bridgehead atoms. The molecule has 1 aromatic heterocycles. The van der Waals surface area contributed by atoms with Gasteiger partial charge in [0.1, 0.15) is 5.82 Å². The molecule has 0 saturated carbocycles. The third-order valence-corrected chi connectivity index (χ3v) is 5.68. The van der Waals surface area contributed by atoms with Crippen LogP contribution in [-0.4, -0.2) is 56.8 Å². The van der Waals surface area contributed by atoms with Crippen molar-refractivity contribution in [1.29, 1.82) is 5.26 Å². The highest BCUT2D eigenvalue weighted by atomic mass is 19.1. The summed E-state index contributed by atoms with van der Waals surface area (Å²) < 4.78 is 15.4. The summed E-state index contributed by atoms with van der Waals surface area (Å²) in [6, 6.07) is 7.37. The number of hydrogen-bond acceptors (Lipinski definition) is 4. The maximum Gasteiger partial charge on any atom is 0.407 e. The molecule has 0 unspecified atom stereocenters. The number of nitrogens with zero attached hydrogens (tertiary/aromatic N) is 4. The van der Waals surface area contributed by atoms with E-state index in [0.717, 1.165) is 25.9 Å². The second-order valence-corrected chi connectivity index (χ2v) is 8.72. The second-order valence-electron chi connectivity index (χ2n) is 8.72. The first-order valence-electron chi connectivity index (χ1n) is 10.1. The number of likely N-dealkylation sites (tertiary alicyclic amines) is 1. The SMILES string of the molecule is CC(C)(C)N(C(=O)O)C1CCN(CCn2c(=O)ccc3c(C#N)cc(F)cc32)CC1. The van der Waals surface area contributed by atoms with Gasteiger partial charge in [-0.05, 0) is 51.8 Å². The van der Waals surface area contributed by atoms with Crippen LogP contribution < -0.4 is 5.56 Å². The fourth-order valence-electron chi connectivity index (χ4n) is 4.32.